The van der Waals surface area contributed by atoms with Crippen molar-refractivity contribution in [3.8, 4) is 11.8 Å². The lowest BCUT2D eigenvalue weighted by Gasteiger charge is -2.21. The van der Waals surface area contributed by atoms with Crippen LogP contribution in [0.4, 0.5) is 0 Å². The largest absolute Gasteiger partial charge is 0.303 e. The first-order valence-electron chi connectivity index (χ1n) is 5.75. The van der Waals surface area contributed by atoms with Gasteiger partial charge in [0.2, 0.25) is 0 Å². The van der Waals surface area contributed by atoms with Crippen LogP contribution in [0.2, 0.25) is 0 Å². The van der Waals surface area contributed by atoms with Gasteiger partial charge in [-0.05, 0) is 38.0 Å². The average molecular weight is 192 g/mol. The van der Waals surface area contributed by atoms with Crippen molar-refractivity contribution in [3.05, 3.63) is 0 Å². The van der Waals surface area contributed by atoms with Gasteiger partial charge in [-0.2, -0.15) is 0 Å². The van der Waals surface area contributed by atoms with E-state index in [1.54, 1.807) is 0 Å². The molecule has 0 bridgehead atoms. The maximum absolute atomic E-state index is 10.1. The number of carbonyl (C=O) groups is 1. The lowest BCUT2D eigenvalue weighted by atomic mass is 9.83. The molecule has 0 aromatic carbocycles. The third-order valence-electron chi connectivity index (χ3n) is 2.95. The summed E-state index contributed by atoms with van der Waals surface area (Å²) in [5.74, 6) is 8.08. The van der Waals surface area contributed by atoms with Gasteiger partial charge in [-0.25, -0.2) is 0 Å². The Morgan fingerprint density at radius 3 is 2.64 bits per heavy atom. The van der Waals surface area contributed by atoms with E-state index >= 15 is 0 Å². The highest BCUT2D eigenvalue weighted by Gasteiger charge is 2.15. The van der Waals surface area contributed by atoms with Crippen molar-refractivity contribution in [2.75, 3.05) is 0 Å². The highest BCUT2D eigenvalue weighted by atomic mass is 16.1. The quantitative estimate of drug-likeness (QED) is 0.381. The zero-order chi connectivity index (χ0) is 10.2. The van der Waals surface area contributed by atoms with Crippen LogP contribution in [0, 0.1) is 23.7 Å². The highest BCUT2D eigenvalue weighted by Crippen LogP contribution is 2.27. The van der Waals surface area contributed by atoms with Crippen molar-refractivity contribution < 1.29 is 4.79 Å². The fourth-order valence-corrected chi connectivity index (χ4v) is 1.89. The molecule has 0 radical (unpaired) electrons. The SMILES string of the molecule is CC1CCC(C#CCCCC=O)CC1. The predicted octanol–water partition coefficient (Wildman–Crippen LogP) is 3.19. The molecule has 1 nitrogen and oxygen atoms in total. The van der Waals surface area contributed by atoms with Crippen LogP contribution in [0.1, 0.15) is 51.9 Å². The molecule has 0 N–H and O–H groups in total. The number of carbonyl (C=O) groups excluding carboxylic acids is 1. The summed E-state index contributed by atoms with van der Waals surface area (Å²) in [6, 6.07) is 0. The van der Waals surface area contributed by atoms with E-state index in [2.05, 4.69) is 18.8 Å². The van der Waals surface area contributed by atoms with E-state index < -0.39 is 0 Å². The minimum Gasteiger partial charge on any atom is -0.303 e. The second-order valence-electron chi connectivity index (χ2n) is 4.34. The van der Waals surface area contributed by atoms with Crippen LogP contribution in [-0.4, -0.2) is 6.29 Å². The first-order valence-corrected chi connectivity index (χ1v) is 5.75. The predicted molar refractivity (Wildman–Crippen MR) is 58.8 cm³/mol. The summed E-state index contributed by atoms with van der Waals surface area (Å²) in [6.45, 7) is 2.33. The number of hydrogen-bond donors (Lipinski definition) is 0. The van der Waals surface area contributed by atoms with Crippen LogP contribution in [0.15, 0.2) is 0 Å². The second kappa shape index (κ2) is 6.65. The molecule has 1 heteroatoms. The Morgan fingerprint density at radius 1 is 1.29 bits per heavy atom. The molecule has 14 heavy (non-hydrogen) atoms. The van der Waals surface area contributed by atoms with Crippen molar-refractivity contribution in [2.24, 2.45) is 11.8 Å². The van der Waals surface area contributed by atoms with Crippen molar-refractivity contribution in [1.29, 1.82) is 0 Å². The third-order valence-corrected chi connectivity index (χ3v) is 2.95. The van der Waals surface area contributed by atoms with Crippen LogP contribution in [0.3, 0.4) is 0 Å². The monoisotopic (exact) mass is 192 g/mol. The minimum absolute atomic E-state index is 0.641. The van der Waals surface area contributed by atoms with E-state index in [-0.39, 0.29) is 0 Å². The topological polar surface area (TPSA) is 17.1 Å². The molecule has 0 atom stereocenters. The van der Waals surface area contributed by atoms with E-state index in [4.69, 9.17) is 0 Å². The minimum atomic E-state index is 0.641. The summed E-state index contributed by atoms with van der Waals surface area (Å²) in [6.07, 6.45) is 8.70. The summed E-state index contributed by atoms with van der Waals surface area (Å²) < 4.78 is 0. The lowest BCUT2D eigenvalue weighted by Crippen LogP contribution is -2.10. The molecule has 0 unspecified atom stereocenters. The van der Waals surface area contributed by atoms with Gasteiger partial charge in [0.1, 0.15) is 6.29 Å². The standard InChI is InChI=1S/C13H20O/c1-12-7-9-13(10-8-12)6-4-2-3-5-11-14/h11-13H,2-3,5,7-10H2,1H3. The van der Waals surface area contributed by atoms with Crippen LogP contribution < -0.4 is 0 Å². The molecule has 0 heterocycles. The number of unbranched alkanes of at least 4 members (excludes halogenated alkanes) is 2. The maximum atomic E-state index is 10.1. The van der Waals surface area contributed by atoms with Gasteiger partial charge < -0.3 is 4.79 Å². The van der Waals surface area contributed by atoms with Crippen molar-refractivity contribution in [2.45, 2.75) is 51.9 Å². The molecule has 0 saturated heterocycles. The normalized spacial score (nSPS) is 26.4. The van der Waals surface area contributed by atoms with Crippen LogP contribution in [-0.2, 0) is 4.79 Å². The molecule has 1 saturated carbocycles. The fraction of sp³-hybridized carbons (Fsp3) is 0.769. The Kier molecular flexibility index (Phi) is 5.37. The molecular formula is C13H20O. The summed E-state index contributed by atoms with van der Waals surface area (Å²) in [5.41, 5.74) is 0. The Hall–Kier alpha value is -0.770. The van der Waals surface area contributed by atoms with Gasteiger partial charge in [0.05, 0.1) is 0 Å². The molecule has 0 spiro atoms. The van der Waals surface area contributed by atoms with E-state index in [1.807, 2.05) is 0 Å². The molecule has 0 aromatic rings. The zero-order valence-corrected chi connectivity index (χ0v) is 9.09. The van der Waals surface area contributed by atoms with Gasteiger partial charge in [0.25, 0.3) is 0 Å². The fourth-order valence-electron chi connectivity index (χ4n) is 1.89. The molecule has 1 fully saturated rings. The number of rotatable bonds is 3. The molecular weight excluding hydrogens is 172 g/mol. The van der Waals surface area contributed by atoms with Gasteiger partial charge >= 0.3 is 0 Å². The van der Waals surface area contributed by atoms with Crippen molar-refractivity contribution in [1.82, 2.24) is 0 Å². The van der Waals surface area contributed by atoms with Crippen LogP contribution >= 0.6 is 0 Å². The third kappa shape index (κ3) is 4.46. The van der Waals surface area contributed by atoms with E-state index in [1.165, 1.54) is 25.7 Å². The Labute approximate surface area is 87.3 Å². The Morgan fingerprint density at radius 2 is 2.00 bits per heavy atom. The second-order valence-corrected chi connectivity index (χ2v) is 4.34. The van der Waals surface area contributed by atoms with Gasteiger partial charge in [-0.15, -0.1) is 5.92 Å². The van der Waals surface area contributed by atoms with Crippen molar-refractivity contribution in [3.63, 3.8) is 0 Å². The molecule has 0 aromatic heterocycles. The summed E-state index contributed by atoms with van der Waals surface area (Å²) in [7, 11) is 0. The Bertz CT molecular complexity index is 213. The van der Waals surface area contributed by atoms with Gasteiger partial charge in [0.15, 0.2) is 0 Å². The van der Waals surface area contributed by atoms with Crippen LogP contribution in [0.25, 0.3) is 0 Å². The highest BCUT2D eigenvalue weighted by molar-refractivity contribution is 5.49. The van der Waals surface area contributed by atoms with E-state index in [0.29, 0.717) is 12.3 Å². The maximum Gasteiger partial charge on any atom is 0.120 e. The lowest BCUT2D eigenvalue weighted by molar-refractivity contribution is -0.107. The molecule has 78 valence electrons. The molecule has 0 amide bonds. The molecule has 1 aliphatic rings. The summed E-state index contributed by atoms with van der Waals surface area (Å²) >= 11 is 0. The average Bonchev–Trinajstić information content (AvgIpc) is 2.21. The first kappa shape index (κ1) is 11.3. The molecule has 1 aliphatic carbocycles. The number of aldehydes is 1. The number of hydrogen-bond acceptors (Lipinski definition) is 1. The summed E-state index contributed by atoms with van der Waals surface area (Å²) in [5, 5.41) is 0. The van der Waals surface area contributed by atoms with Gasteiger partial charge in [-0.1, -0.05) is 12.8 Å². The molecule has 0 aliphatic heterocycles. The smallest absolute Gasteiger partial charge is 0.120 e. The zero-order valence-electron chi connectivity index (χ0n) is 9.09. The summed E-state index contributed by atoms with van der Waals surface area (Å²) in [4.78, 5) is 10.1. The van der Waals surface area contributed by atoms with E-state index in [9.17, 15) is 4.79 Å². The molecule has 1 rings (SSSR count). The van der Waals surface area contributed by atoms with Crippen LogP contribution in [0.5, 0.6) is 0 Å². The van der Waals surface area contributed by atoms with Crippen molar-refractivity contribution >= 4 is 6.29 Å². The van der Waals surface area contributed by atoms with E-state index in [0.717, 1.165) is 25.0 Å². The Balaban J connectivity index is 2.13. The van der Waals surface area contributed by atoms with Gasteiger partial charge in [-0.3, -0.25) is 0 Å². The first-order chi connectivity index (χ1) is 6.83. The van der Waals surface area contributed by atoms with Gasteiger partial charge in [0, 0.05) is 18.8 Å².